The summed E-state index contributed by atoms with van der Waals surface area (Å²) in [7, 11) is 0. The predicted octanol–water partition coefficient (Wildman–Crippen LogP) is 0.245. The fraction of sp³-hybridized carbons (Fsp3) is 0.733. The van der Waals surface area contributed by atoms with Gasteiger partial charge >= 0.3 is 12.1 Å². The summed E-state index contributed by atoms with van der Waals surface area (Å²) in [6.45, 7) is 2.87. The van der Waals surface area contributed by atoms with E-state index in [1.807, 2.05) is 6.92 Å². The van der Waals surface area contributed by atoms with Crippen LogP contribution in [0.25, 0.3) is 0 Å². The molecule has 2 aliphatic heterocycles. The van der Waals surface area contributed by atoms with Crippen molar-refractivity contribution in [2.45, 2.75) is 38.2 Å². The third-order valence-electron chi connectivity index (χ3n) is 4.55. The second-order valence-electron chi connectivity index (χ2n) is 6.50. The summed E-state index contributed by atoms with van der Waals surface area (Å²) in [6, 6.07) is 0. The molecule has 2 heterocycles. The first-order valence-electron chi connectivity index (χ1n) is 8.06. The summed E-state index contributed by atoms with van der Waals surface area (Å²) < 4.78 is 5.42. The number of hydrogen-bond acceptors (Lipinski definition) is 6. The molecular formula is C15H24N4O5. The van der Waals surface area contributed by atoms with Gasteiger partial charge in [0.1, 0.15) is 12.1 Å². The first kappa shape index (κ1) is 18.0. The highest BCUT2D eigenvalue weighted by atomic mass is 16.6. The van der Waals surface area contributed by atoms with Crippen LogP contribution >= 0.6 is 0 Å². The number of piperidine rings is 1. The average molecular weight is 340 g/mol. The quantitative estimate of drug-likeness (QED) is 0.405. The standard InChI is InChI=1S/C15H24N4O5/c1-11(8-17-16)2-3-12(20)18-6-4-15(5-7-18)10-19(9-13(21)22)14(23)24-15/h8,11H,2-7,9-10,16H2,1H3,(H,21,22). The van der Waals surface area contributed by atoms with Gasteiger partial charge in [0, 0.05) is 38.6 Å². The molecule has 9 heteroatoms. The maximum Gasteiger partial charge on any atom is 0.411 e. The average Bonchev–Trinajstić information content (AvgIpc) is 2.80. The van der Waals surface area contributed by atoms with Gasteiger partial charge in [-0.3, -0.25) is 14.5 Å². The van der Waals surface area contributed by atoms with Crippen molar-refractivity contribution in [1.29, 1.82) is 0 Å². The van der Waals surface area contributed by atoms with Crippen molar-refractivity contribution in [2.75, 3.05) is 26.2 Å². The van der Waals surface area contributed by atoms with Crippen molar-refractivity contribution >= 4 is 24.2 Å². The molecule has 0 saturated carbocycles. The van der Waals surface area contributed by atoms with Crippen LogP contribution in [0.15, 0.2) is 5.10 Å². The molecule has 2 fully saturated rings. The minimum Gasteiger partial charge on any atom is -0.480 e. The number of ether oxygens (including phenoxy) is 1. The third-order valence-corrected chi connectivity index (χ3v) is 4.55. The van der Waals surface area contributed by atoms with Gasteiger partial charge in [0.2, 0.25) is 5.91 Å². The minimum atomic E-state index is -1.06. The Balaban J connectivity index is 1.82. The highest BCUT2D eigenvalue weighted by molar-refractivity contribution is 5.79. The van der Waals surface area contributed by atoms with Crippen LogP contribution in [-0.4, -0.2) is 70.9 Å². The summed E-state index contributed by atoms with van der Waals surface area (Å²) in [5.41, 5.74) is -0.664. The molecule has 0 aromatic rings. The number of carboxylic acid groups (broad SMARTS) is 1. The second kappa shape index (κ2) is 7.50. The van der Waals surface area contributed by atoms with Gasteiger partial charge in [0.05, 0.1) is 6.54 Å². The van der Waals surface area contributed by atoms with E-state index in [-0.39, 0.29) is 24.9 Å². The number of likely N-dealkylation sites (tertiary alicyclic amines) is 1. The van der Waals surface area contributed by atoms with Gasteiger partial charge in [0.25, 0.3) is 0 Å². The Morgan fingerprint density at radius 3 is 2.71 bits per heavy atom. The number of amides is 2. The monoisotopic (exact) mass is 340 g/mol. The highest BCUT2D eigenvalue weighted by Crippen LogP contribution is 2.33. The molecule has 2 saturated heterocycles. The van der Waals surface area contributed by atoms with Crippen LogP contribution in [0.1, 0.15) is 32.6 Å². The third kappa shape index (κ3) is 4.36. The molecule has 2 rings (SSSR count). The number of carbonyl (C=O) groups is 3. The molecular weight excluding hydrogens is 316 g/mol. The van der Waals surface area contributed by atoms with Crippen LogP contribution < -0.4 is 5.84 Å². The fourth-order valence-corrected chi connectivity index (χ4v) is 3.13. The first-order chi connectivity index (χ1) is 11.3. The molecule has 0 aliphatic carbocycles. The molecule has 1 unspecified atom stereocenters. The van der Waals surface area contributed by atoms with Crippen molar-refractivity contribution < 1.29 is 24.2 Å². The Morgan fingerprint density at radius 2 is 2.12 bits per heavy atom. The molecule has 3 N–H and O–H groups in total. The zero-order valence-corrected chi connectivity index (χ0v) is 13.8. The fourth-order valence-electron chi connectivity index (χ4n) is 3.13. The van der Waals surface area contributed by atoms with Crippen LogP contribution in [0, 0.1) is 5.92 Å². The highest BCUT2D eigenvalue weighted by Gasteiger charge is 2.47. The van der Waals surface area contributed by atoms with E-state index in [0.717, 1.165) is 0 Å². The summed E-state index contributed by atoms with van der Waals surface area (Å²) >= 11 is 0. The van der Waals surface area contributed by atoms with Gasteiger partial charge in [0.15, 0.2) is 0 Å². The summed E-state index contributed by atoms with van der Waals surface area (Å²) in [5, 5.41) is 12.3. The topological polar surface area (TPSA) is 126 Å². The van der Waals surface area contributed by atoms with Gasteiger partial charge in [-0.25, -0.2) is 4.79 Å². The van der Waals surface area contributed by atoms with Gasteiger partial charge in [-0.2, -0.15) is 5.10 Å². The molecule has 9 nitrogen and oxygen atoms in total. The lowest BCUT2D eigenvalue weighted by Crippen LogP contribution is -2.49. The van der Waals surface area contributed by atoms with Crippen molar-refractivity contribution in [3.63, 3.8) is 0 Å². The predicted molar refractivity (Wildman–Crippen MR) is 85.3 cm³/mol. The van der Waals surface area contributed by atoms with Gasteiger partial charge < -0.3 is 20.6 Å². The van der Waals surface area contributed by atoms with Crippen molar-refractivity contribution in [3.8, 4) is 0 Å². The molecule has 2 amide bonds. The Bertz CT molecular complexity index is 528. The zero-order chi connectivity index (χ0) is 17.7. The van der Waals surface area contributed by atoms with Gasteiger partial charge in [-0.15, -0.1) is 0 Å². The first-order valence-corrected chi connectivity index (χ1v) is 8.06. The molecule has 24 heavy (non-hydrogen) atoms. The van der Waals surface area contributed by atoms with E-state index in [0.29, 0.717) is 38.8 Å². The van der Waals surface area contributed by atoms with Crippen LogP contribution in [-0.2, 0) is 14.3 Å². The molecule has 2 aliphatic rings. The minimum absolute atomic E-state index is 0.0637. The summed E-state index contributed by atoms with van der Waals surface area (Å²) in [5.74, 6) is 4.24. The Hall–Kier alpha value is -2.32. The van der Waals surface area contributed by atoms with Crippen LogP contribution in [0.5, 0.6) is 0 Å². The second-order valence-corrected chi connectivity index (χ2v) is 6.50. The van der Waals surface area contributed by atoms with Crippen LogP contribution in [0.4, 0.5) is 4.79 Å². The van der Waals surface area contributed by atoms with Crippen molar-refractivity contribution in [3.05, 3.63) is 0 Å². The van der Waals surface area contributed by atoms with Crippen molar-refractivity contribution in [2.24, 2.45) is 16.9 Å². The number of rotatable bonds is 6. The van der Waals surface area contributed by atoms with Crippen LogP contribution in [0.2, 0.25) is 0 Å². The maximum absolute atomic E-state index is 12.2. The van der Waals surface area contributed by atoms with E-state index in [2.05, 4.69) is 5.10 Å². The Kier molecular flexibility index (Phi) is 5.63. The molecule has 0 aromatic carbocycles. The van der Waals surface area contributed by atoms with E-state index in [1.54, 1.807) is 11.1 Å². The normalized spacial score (nSPS) is 21.3. The zero-order valence-electron chi connectivity index (χ0n) is 13.8. The van der Waals surface area contributed by atoms with E-state index < -0.39 is 17.7 Å². The lowest BCUT2D eigenvalue weighted by Gasteiger charge is -2.37. The number of aliphatic carboxylic acids is 1. The molecule has 0 bridgehead atoms. The number of nitrogens with zero attached hydrogens (tertiary/aromatic N) is 3. The molecule has 134 valence electrons. The van der Waals surface area contributed by atoms with Crippen molar-refractivity contribution in [1.82, 2.24) is 9.80 Å². The van der Waals surface area contributed by atoms with Gasteiger partial charge in [-0.1, -0.05) is 6.92 Å². The number of hydrazone groups is 1. The van der Waals surface area contributed by atoms with E-state index in [1.165, 1.54) is 4.90 Å². The maximum atomic E-state index is 12.2. The summed E-state index contributed by atoms with van der Waals surface area (Å²) in [4.78, 5) is 37.8. The lowest BCUT2D eigenvalue weighted by molar-refractivity contribution is -0.137. The Labute approximate surface area is 140 Å². The molecule has 1 atom stereocenters. The van der Waals surface area contributed by atoms with E-state index in [9.17, 15) is 14.4 Å². The smallest absolute Gasteiger partial charge is 0.411 e. The molecule has 0 aromatic heterocycles. The number of carbonyl (C=O) groups excluding carboxylic acids is 2. The van der Waals surface area contributed by atoms with E-state index in [4.69, 9.17) is 15.7 Å². The molecule has 1 spiro atoms. The van der Waals surface area contributed by atoms with Gasteiger partial charge in [-0.05, 0) is 12.3 Å². The van der Waals surface area contributed by atoms with E-state index >= 15 is 0 Å². The Morgan fingerprint density at radius 1 is 1.46 bits per heavy atom. The number of carboxylic acids is 1. The SMILES string of the molecule is CC(C=NN)CCC(=O)N1CCC2(CC1)CN(CC(=O)O)C(=O)O2. The number of hydrogen-bond donors (Lipinski definition) is 2. The summed E-state index contributed by atoms with van der Waals surface area (Å²) in [6.07, 6.45) is 3.19. The van der Waals surface area contributed by atoms with Crippen LogP contribution in [0.3, 0.4) is 0 Å². The molecule has 0 radical (unpaired) electrons. The lowest BCUT2D eigenvalue weighted by atomic mass is 9.91. The largest absolute Gasteiger partial charge is 0.480 e. The number of nitrogens with two attached hydrogens (primary N) is 1.